The van der Waals surface area contributed by atoms with Crippen LogP contribution in [0, 0.1) is 13.8 Å². The van der Waals surface area contributed by atoms with Gasteiger partial charge < -0.3 is 4.90 Å². The fourth-order valence-corrected chi connectivity index (χ4v) is 2.10. The van der Waals surface area contributed by atoms with Crippen LogP contribution in [0.4, 0.5) is 5.69 Å². The number of nitrogens with zero attached hydrogens (tertiary/aromatic N) is 2. The number of aromatic nitrogens is 1. The first-order chi connectivity index (χ1) is 8.33. The lowest BCUT2D eigenvalue weighted by Crippen LogP contribution is -2.34. The summed E-state index contributed by atoms with van der Waals surface area (Å²) in [5.74, 6) is 0. The Labute approximate surface area is 109 Å². The van der Waals surface area contributed by atoms with Crippen LogP contribution < -0.4 is 9.62 Å². The number of hydrogen-bond acceptors (Lipinski definition) is 4. The Morgan fingerprint density at radius 3 is 2.56 bits per heavy atom. The fourth-order valence-electron chi connectivity index (χ4n) is 1.64. The van der Waals surface area contributed by atoms with Crippen LogP contribution in [0.2, 0.25) is 0 Å². The van der Waals surface area contributed by atoms with Crippen molar-refractivity contribution in [2.45, 2.75) is 20.8 Å². The summed E-state index contributed by atoms with van der Waals surface area (Å²) in [4.78, 5) is 6.42. The van der Waals surface area contributed by atoms with Crippen molar-refractivity contribution in [3.63, 3.8) is 0 Å². The van der Waals surface area contributed by atoms with E-state index < -0.39 is 10.0 Å². The van der Waals surface area contributed by atoms with E-state index in [-0.39, 0.29) is 0 Å². The zero-order valence-corrected chi connectivity index (χ0v) is 12.2. The number of sulfonamides is 1. The van der Waals surface area contributed by atoms with Gasteiger partial charge in [0.2, 0.25) is 10.0 Å². The molecule has 18 heavy (non-hydrogen) atoms. The maximum atomic E-state index is 11.0. The summed E-state index contributed by atoms with van der Waals surface area (Å²) in [6.45, 7) is 7.88. The highest BCUT2D eigenvalue weighted by atomic mass is 32.2. The van der Waals surface area contributed by atoms with Gasteiger partial charge in [0.15, 0.2) is 0 Å². The molecule has 1 heterocycles. The highest BCUT2D eigenvalue weighted by Crippen LogP contribution is 2.15. The summed E-state index contributed by atoms with van der Waals surface area (Å²) in [6, 6.07) is 2.08. The fraction of sp³-hybridized carbons (Fsp3) is 0.583. The highest BCUT2D eigenvalue weighted by Gasteiger charge is 2.07. The normalized spacial score (nSPS) is 11.6. The van der Waals surface area contributed by atoms with Gasteiger partial charge in [0.05, 0.1) is 18.1 Å². The van der Waals surface area contributed by atoms with E-state index in [1.807, 2.05) is 27.0 Å². The standard InChI is InChI=1S/C12H21N3O2S/c1-5-15(7-6-14-18(4,16)17)12-8-10(2)11(3)13-9-12/h8-9,14H,5-7H2,1-4H3. The van der Waals surface area contributed by atoms with Crippen LogP contribution in [0.5, 0.6) is 0 Å². The topological polar surface area (TPSA) is 62.3 Å². The lowest BCUT2D eigenvalue weighted by Gasteiger charge is -2.23. The first-order valence-corrected chi connectivity index (χ1v) is 7.85. The minimum absolute atomic E-state index is 0.402. The molecule has 1 aromatic rings. The van der Waals surface area contributed by atoms with Gasteiger partial charge in [0, 0.05) is 25.3 Å². The molecular weight excluding hydrogens is 250 g/mol. The number of nitrogens with one attached hydrogen (secondary N) is 1. The molecule has 0 aliphatic heterocycles. The van der Waals surface area contributed by atoms with Crippen LogP contribution in [0.15, 0.2) is 12.3 Å². The van der Waals surface area contributed by atoms with E-state index in [1.165, 1.54) is 6.26 Å². The number of anilines is 1. The Bertz CT molecular complexity index is 500. The van der Waals surface area contributed by atoms with Gasteiger partial charge >= 0.3 is 0 Å². The second-order valence-corrected chi connectivity index (χ2v) is 6.18. The van der Waals surface area contributed by atoms with E-state index >= 15 is 0 Å². The predicted octanol–water partition coefficient (Wildman–Crippen LogP) is 1.07. The zero-order chi connectivity index (χ0) is 13.8. The summed E-state index contributed by atoms with van der Waals surface area (Å²) in [6.07, 6.45) is 2.99. The molecule has 0 radical (unpaired) electrons. The van der Waals surface area contributed by atoms with Gasteiger partial charge in [-0.3, -0.25) is 4.98 Å². The average molecular weight is 271 g/mol. The Morgan fingerprint density at radius 2 is 2.06 bits per heavy atom. The van der Waals surface area contributed by atoms with Gasteiger partial charge in [-0.25, -0.2) is 13.1 Å². The number of pyridine rings is 1. The van der Waals surface area contributed by atoms with Crippen molar-refractivity contribution >= 4 is 15.7 Å². The second kappa shape index (κ2) is 6.15. The summed E-state index contributed by atoms with van der Waals surface area (Å²) >= 11 is 0. The molecule has 0 aromatic carbocycles. The third-order valence-corrected chi connectivity index (χ3v) is 3.55. The Hall–Kier alpha value is -1.14. The quantitative estimate of drug-likeness (QED) is 0.841. The summed E-state index contributed by atoms with van der Waals surface area (Å²) in [5.41, 5.74) is 3.18. The molecule has 5 nitrogen and oxygen atoms in total. The molecule has 0 bridgehead atoms. The molecule has 0 amide bonds. The van der Waals surface area contributed by atoms with Crippen LogP contribution >= 0.6 is 0 Å². The molecule has 0 spiro atoms. The lowest BCUT2D eigenvalue weighted by atomic mass is 10.2. The second-order valence-electron chi connectivity index (χ2n) is 4.34. The van der Waals surface area contributed by atoms with Crippen LogP contribution in [-0.2, 0) is 10.0 Å². The number of hydrogen-bond donors (Lipinski definition) is 1. The Balaban J connectivity index is 2.68. The molecule has 0 aliphatic rings. The molecule has 0 unspecified atom stereocenters. The van der Waals surface area contributed by atoms with Crippen molar-refractivity contribution in [1.82, 2.24) is 9.71 Å². The monoisotopic (exact) mass is 271 g/mol. The highest BCUT2D eigenvalue weighted by molar-refractivity contribution is 7.88. The molecule has 1 aromatic heterocycles. The zero-order valence-electron chi connectivity index (χ0n) is 11.4. The van der Waals surface area contributed by atoms with Gasteiger partial charge in [-0.15, -0.1) is 0 Å². The van der Waals surface area contributed by atoms with Crippen LogP contribution in [0.1, 0.15) is 18.2 Å². The van der Waals surface area contributed by atoms with Gasteiger partial charge in [-0.05, 0) is 32.4 Å². The molecule has 0 aliphatic carbocycles. The molecule has 6 heteroatoms. The molecule has 0 atom stereocenters. The van der Waals surface area contributed by atoms with E-state index in [0.717, 1.165) is 23.5 Å². The number of rotatable bonds is 6. The minimum Gasteiger partial charge on any atom is -0.369 e. The van der Waals surface area contributed by atoms with Crippen molar-refractivity contribution in [2.75, 3.05) is 30.8 Å². The first-order valence-electron chi connectivity index (χ1n) is 5.96. The predicted molar refractivity (Wildman–Crippen MR) is 74.4 cm³/mol. The van der Waals surface area contributed by atoms with Crippen molar-refractivity contribution in [2.24, 2.45) is 0 Å². The summed E-state index contributed by atoms with van der Waals surface area (Å²) < 4.78 is 24.5. The number of aryl methyl sites for hydroxylation is 2. The molecule has 1 rings (SSSR count). The molecular formula is C12H21N3O2S. The third-order valence-electron chi connectivity index (χ3n) is 2.82. The van der Waals surface area contributed by atoms with Crippen LogP contribution in [-0.4, -0.2) is 39.3 Å². The van der Waals surface area contributed by atoms with Crippen molar-refractivity contribution in [3.05, 3.63) is 23.5 Å². The van der Waals surface area contributed by atoms with E-state index in [9.17, 15) is 8.42 Å². The SMILES string of the molecule is CCN(CCNS(C)(=O)=O)c1cnc(C)c(C)c1. The molecule has 0 fully saturated rings. The van der Waals surface area contributed by atoms with E-state index in [2.05, 4.69) is 20.7 Å². The van der Waals surface area contributed by atoms with Crippen LogP contribution in [0.25, 0.3) is 0 Å². The maximum Gasteiger partial charge on any atom is 0.208 e. The molecule has 102 valence electrons. The number of likely N-dealkylation sites (N-methyl/N-ethyl adjacent to an activating group) is 1. The molecule has 0 saturated carbocycles. The van der Waals surface area contributed by atoms with E-state index in [4.69, 9.17) is 0 Å². The Kier molecular flexibility index (Phi) is 5.10. The van der Waals surface area contributed by atoms with Crippen molar-refractivity contribution in [1.29, 1.82) is 0 Å². The minimum atomic E-state index is -3.12. The largest absolute Gasteiger partial charge is 0.369 e. The van der Waals surface area contributed by atoms with Crippen molar-refractivity contribution in [3.8, 4) is 0 Å². The van der Waals surface area contributed by atoms with E-state index in [1.54, 1.807) is 0 Å². The van der Waals surface area contributed by atoms with E-state index in [0.29, 0.717) is 13.1 Å². The smallest absolute Gasteiger partial charge is 0.208 e. The summed E-state index contributed by atoms with van der Waals surface area (Å²) in [5, 5.41) is 0. The molecule has 0 saturated heterocycles. The lowest BCUT2D eigenvalue weighted by molar-refractivity contribution is 0.587. The van der Waals surface area contributed by atoms with Crippen molar-refractivity contribution < 1.29 is 8.42 Å². The van der Waals surface area contributed by atoms with Gasteiger partial charge in [0.1, 0.15) is 0 Å². The van der Waals surface area contributed by atoms with Crippen LogP contribution in [0.3, 0.4) is 0 Å². The van der Waals surface area contributed by atoms with Gasteiger partial charge in [0.25, 0.3) is 0 Å². The first kappa shape index (κ1) is 14.9. The molecule has 1 N–H and O–H groups in total. The van der Waals surface area contributed by atoms with Gasteiger partial charge in [-0.1, -0.05) is 0 Å². The Morgan fingerprint density at radius 1 is 1.39 bits per heavy atom. The maximum absolute atomic E-state index is 11.0. The summed E-state index contributed by atoms with van der Waals surface area (Å²) in [7, 11) is -3.12. The average Bonchev–Trinajstić information content (AvgIpc) is 2.27. The van der Waals surface area contributed by atoms with Gasteiger partial charge in [-0.2, -0.15) is 0 Å². The third kappa shape index (κ3) is 4.62.